The van der Waals surface area contributed by atoms with Crippen molar-refractivity contribution in [1.29, 1.82) is 0 Å². The van der Waals surface area contributed by atoms with E-state index >= 15 is 0 Å². The number of fused-ring (bicyclic) bond motifs is 3. The average molecular weight is 396 g/mol. The largest absolute Gasteiger partial charge is 0.337 e. The first kappa shape index (κ1) is 17.8. The van der Waals surface area contributed by atoms with E-state index in [2.05, 4.69) is 105 Å². The van der Waals surface area contributed by atoms with Crippen LogP contribution < -0.4 is 4.90 Å². The summed E-state index contributed by atoms with van der Waals surface area (Å²) < 4.78 is 10.0. The maximum atomic E-state index is 10.0. The molecule has 0 saturated heterocycles. The second kappa shape index (κ2) is 6.77. The molecule has 2 aliphatic rings. The van der Waals surface area contributed by atoms with E-state index in [0.29, 0.717) is 0 Å². The summed E-state index contributed by atoms with van der Waals surface area (Å²) in [7, 11) is 0. The molecule has 30 heavy (non-hydrogen) atoms. The van der Waals surface area contributed by atoms with Crippen molar-refractivity contribution in [3.8, 4) is 0 Å². The fourth-order valence-electron chi connectivity index (χ4n) is 5.11. The van der Waals surface area contributed by atoms with Crippen LogP contribution in [0.5, 0.6) is 0 Å². The molecule has 2 heterocycles. The van der Waals surface area contributed by atoms with Gasteiger partial charge in [0.15, 0.2) is 0 Å². The van der Waals surface area contributed by atoms with Gasteiger partial charge in [-0.25, -0.2) is 0 Å². The van der Waals surface area contributed by atoms with Crippen molar-refractivity contribution in [3.63, 3.8) is 0 Å². The molecule has 2 atom stereocenters. The lowest BCUT2D eigenvalue weighted by Gasteiger charge is -2.45. The summed E-state index contributed by atoms with van der Waals surface area (Å²) in [5, 5.41) is 0. The van der Waals surface area contributed by atoms with Crippen LogP contribution in [0.2, 0.25) is 0 Å². The second-order valence-corrected chi connectivity index (χ2v) is 9.46. The summed E-state index contributed by atoms with van der Waals surface area (Å²) >= 11 is 0. The van der Waals surface area contributed by atoms with Crippen LogP contribution in [0, 0.1) is 12.3 Å². The molecular formula is C28H30N2. The van der Waals surface area contributed by atoms with Gasteiger partial charge in [-0.05, 0) is 36.6 Å². The molecule has 0 spiro atoms. The van der Waals surface area contributed by atoms with Gasteiger partial charge in [-0.3, -0.25) is 0 Å². The van der Waals surface area contributed by atoms with Gasteiger partial charge in [0.25, 0.3) is 0 Å². The number of benzene rings is 3. The predicted octanol–water partition coefficient (Wildman–Crippen LogP) is 6.98. The van der Waals surface area contributed by atoms with Crippen LogP contribution in [-0.2, 0) is 0 Å². The van der Waals surface area contributed by atoms with Crippen molar-refractivity contribution >= 4 is 11.4 Å². The van der Waals surface area contributed by atoms with E-state index in [4.69, 9.17) is 0 Å². The third-order valence-corrected chi connectivity index (χ3v) is 6.31. The first-order valence-corrected chi connectivity index (χ1v) is 10.8. The molecule has 3 aromatic rings. The minimum atomic E-state index is -0.982. The molecule has 2 nitrogen and oxygen atoms in total. The second-order valence-electron chi connectivity index (χ2n) is 9.46. The molecule has 0 bridgehead atoms. The third-order valence-electron chi connectivity index (χ3n) is 6.31. The van der Waals surface area contributed by atoms with Crippen LogP contribution in [0.15, 0.2) is 84.6 Å². The molecule has 0 amide bonds. The Labute approximate surface area is 181 Å². The van der Waals surface area contributed by atoms with E-state index in [1.165, 1.54) is 28.2 Å². The van der Waals surface area contributed by atoms with Crippen molar-refractivity contribution in [2.75, 3.05) is 4.90 Å². The highest BCUT2D eigenvalue weighted by molar-refractivity contribution is 5.83. The highest BCUT2D eigenvalue weighted by atomic mass is 15.4. The summed E-state index contributed by atoms with van der Waals surface area (Å²) in [6, 6.07) is 26.4. The average Bonchev–Trinajstić information content (AvgIpc) is 3.21. The normalized spacial score (nSPS) is 23.5. The smallest absolute Gasteiger partial charge is 0.112 e. The van der Waals surface area contributed by atoms with Gasteiger partial charge in [0.1, 0.15) is 6.17 Å². The monoisotopic (exact) mass is 395 g/mol. The molecule has 2 unspecified atom stereocenters. The Morgan fingerprint density at radius 1 is 0.800 bits per heavy atom. The first-order chi connectivity index (χ1) is 14.8. The topological polar surface area (TPSA) is 6.48 Å². The van der Waals surface area contributed by atoms with Gasteiger partial charge in [-0.1, -0.05) is 93.6 Å². The highest BCUT2D eigenvalue weighted by Crippen LogP contribution is 2.56. The molecule has 0 saturated carbocycles. The molecule has 2 aliphatic heterocycles. The van der Waals surface area contributed by atoms with Gasteiger partial charge >= 0.3 is 0 Å². The van der Waals surface area contributed by atoms with E-state index in [9.17, 15) is 1.37 Å². The third kappa shape index (κ3) is 2.70. The molecule has 5 rings (SSSR count). The summed E-state index contributed by atoms with van der Waals surface area (Å²) in [5.74, 6) is 0. The summed E-state index contributed by atoms with van der Waals surface area (Å²) in [5.41, 5.74) is 8.01. The van der Waals surface area contributed by atoms with Gasteiger partial charge in [-0.15, -0.1) is 0 Å². The summed E-state index contributed by atoms with van der Waals surface area (Å²) in [6.07, 6.45) is 0.00806. The molecule has 152 valence electrons. The molecule has 0 N–H and O–H groups in total. The van der Waals surface area contributed by atoms with Gasteiger partial charge in [0, 0.05) is 22.4 Å². The van der Waals surface area contributed by atoms with Crippen molar-refractivity contribution < 1.29 is 1.37 Å². The number of anilines is 1. The van der Waals surface area contributed by atoms with E-state index in [1.807, 2.05) is 18.2 Å². The molecule has 0 fully saturated rings. The minimum Gasteiger partial charge on any atom is -0.337 e. The highest BCUT2D eigenvalue weighted by Gasteiger charge is 2.51. The Bertz CT molecular complexity index is 1170. The molecule has 0 aliphatic carbocycles. The van der Waals surface area contributed by atoms with Crippen molar-refractivity contribution in [1.82, 2.24) is 4.90 Å². The molecule has 3 aromatic carbocycles. The summed E-state index contributed by atoms with van der Waals surface area (Å²) in [4.78, 5) is 4.83. The lowest BCUT2D eigenvalue weighted by Crippen LogP contribution is -2.49. The zero-order valence-electron chi connectivity index (χ0n) is 19.5. The van der Waals surface area contributed by atoms with Crippen LogP contribution in [-0.4, -0.2) is 11.1 Å². The fraction of sp³-hybridized carbons (Fsp3) is 0.286. The standard InChI is InChI=1S/C28H30N2/c1-19-13-9-12-18-24(19)29-20(2)25-22-16-10-11-17-23(22)26(21-14-7-6-8-15-21)30(25)27(29)28(3,4)5/h6-18,26-27H,1-5H3/i26D. The van der Waals surface area contributed by atoms with Gasteiger partial charge in [-0.2, -0.15) is 0 Å². The van der Waals surface area contributed by atoms with E-state index < -0.39 is 6.02 Å². The van der Waals surface area contributed by atoms with Gasteiger partial charge < -0.3 is 9.80 Å². The van der Waals surface area contributed by atoms with Crippen molar-refractivity contribution in [2.45, 2.75) is 46.8 Å². The zero-order valence-corrected chi connectivity index (χ0v) is 18.5. The number of nitrogens with zero attached hydrogens (tertiary/aromatic N) is 2. The van der Waals surface area contributed by atoms with Crippen molar-refractivity contribution in [2.24, 2.45) is 5.41 Å². The Morgan fingerprint density at radius 3 is 2.13 bits per heavy atom. The van der Waals surface area contributed by atoms with Crippen LogP contribution in [0.4, 0.5) is 5.69 Å². The number of rotatable bonds is 2. The first-order valence-electron chi connectivity index (χ1n) is 11.3. The van der Waals surface area contributed by atoms with Crippen LogP contribution in [0.3, 0.4) is 0 Å². The van der Waals surface area contributed by atoms with Crippen LogP contribution in [0.25, 0.3) is 5.70 Å². The molecule has 2 heteroatoms. The Hall–Kier alpha value is -3.00. The number of para-hydroxylation sites is 1. The lowest BCUT2D eigenvalue weighted by molar-refractivity contribution is 0.154. The number of aryl methyl sites for hydroxylation is 1. The Kier molecular flexibility index (Phi) is 4.02. The molecule has 0 aromatic heterocycles. The van der Waals surface area contributed by atoms with Gasteiger partial charge in [0.05, 0.1) is 13.1 Å². The lowest BCUT2D eigenvalue weighted by atomic mass is 9.88. The zero-order chi connectivity index (χ0) is 22.0. The van der Waals surface area contributed by atoms with E-state index in [-0.39, 0.29) is 11.6 Å². The minimum absolute atomic E-state index is 0.00806. The predicted molar refractivity (Wildman–Crippen MR) is 126 cm³/mol. The number of hydrogen-bond acceptors (Lipinski definition) is 2. The fourth-order valence-corrected chi connectivity index (χ4v) is 5.11. The number of hydrogen-bond donors (Lipinski definition) is 0. The molecule has 0 radical (unpaired) electrons. The Morgan fingerprint density at radius 2 is 1.43 bits per heavy atom. The molecular weight excluding hydrogens is 364 g/mol. The quantitative estimate of drug-likeness (QED) is 0.462. The number of allylic oxidation sites excluding steroid dienone is 1. The maximum Gasteiger partial charge on any atom is 0.112 e. The van der Waals surface area contributed by atoms with Crippen LogP contribution in [0.1, 0.15) is 57.3 Å². The van der Waals surface area contributed by atoms with E-state index in [1.54, 1.807) is 0 Å². The van der Waals surface area contributed by atoms with Crippen LogP contribution >= 0.6 is 0 Å². The van der Waals surface area contributed by atoms with Crippen molar-refractivity contribution in [3.05, 3.63) is 107 Å². The SMILES string of the molecule is [2H]C1(c2ccccc2)c2ccccc2C2=C(C)N(c3ccccc3C)C(C(C)(C)C)N21. The van der Waals surface area contributed by atoms with Gasteiger partial charge in [0.2, 0.25) is 0 Å². The maximum absolute atomic E-state index is 10.0. The Balaban J connectivity index is 1.84. The van der Waals surface area contributed by atoms with E-state index in [0.717, 1.165) is 11.1 Å². The summed E-state index contributed by atoms with van der Waals surface area (Å²) in [6.45, 7) is 11.2.